The summed E-state index contributed by atoms with van der Waals surface area (Å²) in [5.41, 5.74) is 0.556. The molecule has 0 saturated carbocycles. The van der Waals surface area contributed by atoms with Gasteiger partial charge in [-0.2, -0.15) is 0 Å². The standard InChI is InChI=1S/C6H13.BrH.Mg/c1-5-6(2,3)4;;/h1,5H2,2-4H3;1H;/q;;+1/p-1. The van der Waals surface area contributed by atoms with Gasteiger partial charge in [-0.25, -0.2) is 0 Å². The van der Waals surface area contributed by atoms with Crippen LogP contribution in [-0.2, 0) is 0 Å². The zero-order valence-corrected chi connectivity index (χ0v) is 9.00. The molecule has 0 nitrogen and oxygen atoms in total. The Balaban J connectivity index is 3.11. The van der Waals surface area contributed by atoms with Crippen LogP contribution in [0.3, 0.4) is 0 Å². The Morgan fingerprint density at radius 1 is 1.38 bits per heavy atom. The first kappa shape index (κ1) is 9.25. The van der Waals surface area contributed by atoms with Crippen LogP contribution in [0, 0.1) is 5.41 Å². The lowest BCUT2D eigenvalue weighted by atomic mass is 9.94. The third-order valence-electron chi connectivity index (χ3n) is 1.06. The Morgan fingerprint density at radius 2 is 1.88 bits per heavy atom. The molecule has 0 amide bonds. The molecule has 0 atom stereocenters. The van der Waals surface area contributed by atoms with Gasteiger partial charge in [-0.15, -0.1) is 4.55 Å². The van der Waals surface area contributed by atoms with Crippen LogP contribution in [0.5, 0.6) is 0 Å². The average Bonchev–Trinajstić information content (AvgIpc) is 1.59. The van der Waals surface area contributed by atoms with Gasteiger partial charge >= 0.3 is 18.2 Å². The van der Waals surface area contributed by atoms with E-state index in [4.69, 9.17) is 0 Å². The highest BCUT2D eigenvalue weighted by Gasteiger charge is 2.08. The maximum Gasteiger partial charge on any atom is 0.468 e. The van der Waals surface area contributed by atoms with E-state index >= 15 is 0 Å². The molecule has 0 aromatic carbocycles. The monoisotopic (exact) mass is 188 g/mol. The Hall–Kier alpha value is 1.25. The molecular formula is C6H13BrMg. The Morgan fingerprint density at radius 3 is 2.00 bits per heavy atom. The second-order valence-electron chi connectivity index (χ2n) is 3.35. The van der Waals surface area contributed by atoms with E-state index in [1.165, 1.54) is 11.0 Å². The summed E-state index contributed by atoms with van der Waals surface area (Å²) in [7, 11) is 0. The lowest BCUT2D eigenvalue weighted by molar-refractivity contribution is 0.398. The quantitative estimate of drug-likeness (QED) is 0.586. The first-order valence-corrected chi connectivity index (χ1v) is 8.02. The van der Waals surface area contributed by atoms with E-state index < -0.39 is 0 Å². The van der Waals surface area contributed by atoms with Crippen molar-refractivity contribution < 1.29 is 0 Å². The topological polar surface area (TPSA) is 0 Å². The Kier molecular flexibility index (Phi) is 4.77. The highest BCUT2D eigenvalue weighted by molar-refractivity contribution is 9.23. The minimum atomic E-state index is 0.147. The Bertz CT molecular complexity index is 56.0. The predicted octanol–water partition coefficient (Wildman–Crippen LogP) is 2.86. The molecular weight excluding hydrogens is 176 g/mol. The van der Waals surface area contributed by atoms with E-state index in [0.717, 1.165) is 0 Å². The van der Waals surface area contributed by atoms with Crippen LogP contribution in [0.4, 0.5) is 0 Å². The molecule has 0 aromatic heterocycles. The second kappa shape index (κ2) is 4.12. The van der Waals surface area contributed by atoms with Gasteiger partial charge in [0.2, 0.25) is 0 Å². The number of hydrogen-bond acceptors (Lipinski definition) is 0. The molecule has 0 N–H and O–H groups in total. The van der Waals surface area contributed by atoms with Gasteiger partial charge in [0, 0.05) is 0 Å². The number of halogens is 1. The molecule has 0 spiro atoms. The van der Waals surface area contributed by atoms with Crippen molar-refractivity contribution in [2.24, 2.45) is 5.41 Å². The molecule has 2 heteroatoms. The van der Waals surface area contributed by atoms with Crippen LogP contribution in [-0.4, -0.2) is 18.2 Å². The summed E-state index contributed by atoms with van der Waals surface area (Å²) in [6.45, 7) is 6.89. The maximum absolute atomic E-state index is 3.54. The van der Waals surface area contributed by atoms with E-state index in [2.05, 4.69) is 33.7 Å². The van der Waals surface area contributed by atoms with Crippen molar-refractivity contribution in [1.29, 1.82) is 0 Å². The van der Waals surface area contributed by atoms with Crippen molar-refractivity contribution in [2.75, 3.05) is 0 Å². The molecule has 0 aliphatic heterocycles. The largest absolute Gasteiger partial charge is 0.468 e. The normalized spacial score (nSPS) is 11.0. The molecule has 46 valence electrons. The van der Waals surface area contributed by atoms with E-state index in [1.807, 2.05) is 0 Å². The third kappa shape index (κ3) is 7.25. The van der Waals surface area contributed by atoms with Gasteiger partial charge in [-0.05, 0) is 5.41 Å². The van der Waals surface area contributed by atoms with Crippen molar-refractivity contribution in [3.8, 4) is 0 Å². The van der Waals surface area contributed by atoms with Crippen molar-refractivity contribution in [1.82, 2.24) is 0 Å². The van der Waals surface area contributed by atoms with E-state index in [-0.39, 0.29) is 18.2 Å². The second-order valence-corrected chi connectivity index (χ2v) is 6.82. The van der Waals surface area contributed by atoms with Crippen LogP contribution >= 0.6 is 12.9 Å². The van der Waals surface area contributed by atoms with Crippen molar-refractivity contribution in [3.05, 3.63) is 0 Å². The first-order valence-electron chi connectivity index (χ1n) is 3.12. The van der Waals surface area contributed by atoms with Crippen LogP contribution < -0.4 is 0 Å². The molecule has 0 fully saturated rings. The molecule has 8 heavy (non-hydrogen) atoms. The summed E-state index contributed by atoms with van der Waals surface area (Å²) in [6.07, 6.45) is 1.38. The first-order chi connectivity index (χ1) is 3.56. The summed E-state index contributed by atoms with van der Waals surface area (Å²) < 4.78 is 1.43. The van der Waals surface area contributed by atoms with Crippen LogP contribution in [0.1, 0.15) is 27.2 Å². The van der Waals surface area contributed by atoms with Gasteiger partial charge in [0.1, 0.15) is 0 Å². The summed E-state index contributed by atoms with van der Waals surface area (Å²) in [5.74, 6) is 0. The number of rotatable bonds is 2. The van der Waals surface area contributed by atoms with E-state index in [0.29, 0.717) is 5.41 Å². The van der Waals surface area contributed by atoms with Gasteiger partial charge in [0.25, 0.3) is 0 Å². The SMILES string of the molecule is CC(C)(C)C[CH2][Mg][Br]. The van der Waals surface area contributed by atoms with Gasteiger partial charge < -0.3 is 12.9 Å². The molecule has 0 bridgehead atoms. The highest BCUT2D eigenvalue weighted by Crippen LogP contribution is 2.20. The zero-order valence-electron chi connectivity index (χ0n) is 6.00. The van der Waals surface area contributed by atoms with Crippen molar-refractivity contribution in [2.45, 2.75) is 31.7 Å². The van der Waals surface area contributed by atoms with Crippen LogP contribution in [0.2, 0.25) is 4.55 Å². The zero-order chi connectivity index (χ0) is 6.62. The van der Waals surface area contributed by atoms with Gasteiger partial charge in [-0.1, -0.05) is 27.2 Å². The third-order valence-corrected chi connectivity index (χ3v) is 3.36. The molecule has 0 rings (SSSR count). The molecule has 0 aromatic rings. The molecule has 0 radical (unpaired) electrons. The van der Waals surface area contributed by atoms with Crippen molar-refractivity contribution in [3.63, 3.8) is 0 Å². The Labute approximate surface area is 68.0 Å². The summed E-state index contributed by atoms with van der Waals surface area (Å²) in [5, 5.41) is 0. The van der Waals surface area contributed by atoms with Gasteiger partial charge in [0.05, 0.1) is 0 Å². The van der Waals surface area contributed by atoms with Crippen molar-refractivity contribution >= 4 is 31.1 Å². The number of hydrogen-bond donors (Lipinski definition) is 0. The fourth-order valence-corrected chi connectivity index (χ4v) is 2.63. The van der Waals surface area contributed by atoms with E-state index in [1.54, 1.807) is 0 Å². The summed E-state index contributed by atoms with van der Waals surface area (Å²) in [4.78, 5) is 0. The highest BCUT2D eigenvalue weighted by atomic mass is 79.9. The average molecular weight is 189 g/mol. The van der Waals surface area contributed by atoms with E-state index in [9.17, 15) is 0 Å². The maximum atomic E-state index is 3.54. The van der Waals surface area contributed by atoms with Gasteiger partial charge in [-0.3, -0.25) is 0 Å². The molecule has 0 heterocycles. The lowest BCUT2D eigenvalue weighted by Crippen LogP contribution is -2.04. The fourth-order valence-electron chi connectivity index (χ4n) is 0.597. The van der Waals surface area contributed by atoms with Crippen LogP contribution in [0.25, 0.3) is 0 Å². The smallest absolute Gasteiger partial charge is 0.307 e. The molecule has 0 aliphatic carbocycles. The summed E-state index contributed by atoms with van der Waals surface area (Å²) >= 11 is 3.69. The lowest BCUT2D eigenvalue weighted by Gasteiger charge is -2.16. The molecule has 0 unspecified atom stereocenters. The minimum absolute atomic E-state index is 0.147. The van der Waals surface area contributed by atoms with Gasteiger partial charge in [0.15, 0.2) is 0 Å². The summed E-state index contributed by atoms with van der Waals surface area (Å²) in [6, 6.07) is 0. The molecule has 0 saturated heterocycles. The predicted molar refractivity (Wildman–Crippen MR) is 43.6 cm³/mol. The fraction of sp³-hybridized carbons (Fsp3) is 1.00. The van der Waals surface area contributed by atoms with Crippen LogP contribution in [0.15, 0.2) is 0 Å². The minimum Gasteiger partial charge on any atom is -0.307 e. The molecule has 0 aliphatic rings.